The van der Waals surface area contributed by atoms with Gasteiger partial charge in [-0.1, -0.05) is 61.8 Å². The molecule has 1 saturated carbocycles. The van der Waals surface area contributed by atoms with Gasteiger partial charge in [-0.05, 0) is 115 Å². The average molecular weight is 888 g/mol. The summed E-state index contributed by atoms with van der Waals surface area (Å²) in [6.45, 7) is 18.0. The quantitative estimate of drug-likeness (QED) is 0.0995. The summed E-state index contributed by atoms with van der Waals surface area (Å²) < 4.78 is 24.5. The van der Waals surface area contributed by atoms with Crippen LogP contribution in [0.25, 0.3) is 0 Å². The van der Waals surface area contributed by atoms with Gasteiger partial charge in [0.1, 0.15) is 34.5 Å². The Bertz CT molecular complexity index is 2280. The fourth-order valence-corrected chi connectivity index (χ4v) is 12.6. The number of Topliss-reactive ketones (excluding diaryl/α,β-unsaturated/α-hetero) is 1. The standard InChI is InChI=1S/C50H65NO13/c1-23-13-12-14-25(3)38-27(5)18-31-33(48(38,9)40(53)37-41(54)50(64-45(37)59)21-28(6)32(44(57)58)22-47(50,8)20-23)15-24(2)16-35(31)63-46-42(55)49(10,60)39(29(7)62-46)51-43(56)36-26(4)17-30(61-11)19-34(36)52/h14-15,17,19-20,22,27-29,31,33,35,38-39,42,46,52-53,55,60H,12-13,16,18,21H2,1-11H3,(H,51,56)(H,57,58)/b23-20-,25-14-,40-37-/t27-,28+,29-,31+,33+,35-,38+,39-,42+,46+,47+,48+,49-,50+/m1/s1. The first-order valence-corrected chi connectivity index (χ1v) is 22.4. The Morgan fingerprint density at radius 1 is 0.984 bits per heavy atom. The highest BCUT2D eigenvalue weighted by atomic mass is 16.7. The van der Waals surface area contributed by atoms with Crippen LogP contribution in [0.15, 0.2) is 70.1 Å². The molecule has 2 bridgehead atoms. The molecule has 1 aromatic rings. The lowest BCUT2D eigenvalue weighted by Gasteiger charge is -2.57. The van der Waals surface area contributed by atoms with Crippen molar-refractivity contribution in [3.05, 3.63) is 81.2 Å². The van der Waals surface area contributed by atoms with Crippen LogP contribution in [-0.4, -0.2) is 98.1 Å². The number of aliphatic carboxylic acids is 1. The molecule has 0 radical (unpaired) electrons. The predicted molar refractivity (Wildman–Crippen MR) is 235 cm³/mol. The topological polar surface area (TPSA) is 218 Å². The number of rotatable bonds is 6. The molecule has 0 unspecified atom stereocenters. The molecule has 2 saturated heterocycles. The zero-order valence-electron chi connectivity index (χ0n) is 38.8. The minimum absolute atomic E-state index is 0.0167. The number of phenols is 1. The van der Waals surface area contributed by atoms with Crippen LogP contribution in [-0.2, 0) is 28.6 Å². The number of fused-ring (bicyclic) bond motifs is 4. The lowest BCUT2D eigenvalue weighted by Crippen LogP contribution is -2.70. The number of carbonyl (C=O) groups excluding carboxylic acids is 3. The van der Waals surface area contributed by atoms with Crippen molar-refractivity contribution in [1.82, 2.24) is 5.32 Å². The number of hydrogen-bond donors (Lipinski definition) is 6. The fraction of sp³-hybridized carbons (Fsp3) is 0.600. The lowest BCUT2D eigenvalue weighted by molar-refractivity contribution is -0.315. The highest BCUT2D eigenvalue weighted by molar-refractivity contribution is 6.26. The van der Waals surface area contributed by atoms with E-state index in [1.165, 1.54) is 20.1 Å². The van der Waals surface area contributed by atoms with Crippen LogP contribution in [0.4, 0.5) is 0 Å². The minimum atomic E-state index is -1.97. The molecular formula is C50H65NO13. The van der Waals surface area contributed by atoms with Gasteiger partial charge in [-0.2, -0.15) is 0 Å². The number of aliphatic hydroxyl groups excluding tert-OH is 2. The largest absolute Gasteiger partial charge is 0.511 e. The molecule has 348 valence electrons. The van der Waals surface area contributed by atoms with Crippen LogP contribution in [0.3, 0.4) is 0 Å². The van der Waals surface area contributed by atoms with Crippen molar-refractivity contribution >= 4 is 23.6 Å². The van der Waals surface area contributed by atoms with E-state index in [0.717, 1.165) is 16.7 Å². The van der Waals surface area contributed by atoms with Gasteiger partial charge in [-0.15, -0.1) is 0 Å². The Labute approximate surface area is 375 Å². The third-order valence-electron chi connectivity index (χ3n) is 15.7. The van der Waals surface area contributed by atoms with Crippen molar-refractivity contribution in [2.24, 2.45) is 40.4 Å². The number of esters is 1. The summed E-state index contributed by atoms with van der Waals surface area (Å²) in [4.78, 5) is 55.6. The predicted octanol–water partition coefficient (Wildman–Crippen LogP) is 6.71. The van der Waals surface area contributed by atoms with Gasteiger partial charge in [0.05, 0.1) is 36.3 Å². The van der Waals surface area contributed by atoms with Crippen molar-refractivity contribution in [3.8, 4) is 11.5 Å². The summed E-state index contributed by atoms with van der Waals surface area (Å²) in [5.74, 6) is -5.72. The van der Waals surface area contributed by atoms with E-state index in [1.807, 2.05) is 33.8 Å². The first-order valence-electron chi connectivity index (χ1n) is 22.4. The summed E-state index contributed by atoms with van der Waals surface area (Å²) >= 11 is 0. The summed E-state index contributed by atoms with van der Waals surface area (Å²) in [6, 6.07) is 1.78. The molecular weight excluding hydrogens is 823 g/mol. The third-order valence-corrected chi connectivity index (χ3v) is 15.7. The molecule has 14 nitrogen and oxygen atoms in total. The van der Waals surface area contributed by atoms with E-state index in [1.54, 1.807) is 39.8 Å². The second-order valence-electron chi connectivity index (χ2n) is 20.3. The van der Waals surface area contributed by atoms with Crippen LogP contribution >= 0.6 is 0 Å². The van der Waals surface area contributed by atoms with Crippen LogP contribution in [0.5, 0.6) is 11.5 Å². The zero-order chi connectivity index (χ0) is 47.2. The van der Waals surface area contributed by atoms with Gasteiger partial charge in [0.25, 0.3) is 5.91 Å². The van der Waals surface area contributed by atoms with E-state index < -0.39 is 93.7 Å². The zero-order valence-corrected chi connectivity index (χ0v) is 38.8. The monoisotopic (exact) mass is 887 g/mol. The van der Waals surface area contributed by atoms with E-state index in [9.17, 15) is 39.9 Å². The molecule has 1 spiro atoms. The van der Waals surface area contributed by atoms with E-state index in [0.29, 0.717) is 37.0 Å². The molecule has 14 atom stereocenters. The number of allylic oxidation sites excluding steroid dienone is 5. The molecule has 3 fully saturated rings. The number of ether oxygens (including phenoxy) is 4. The molecule has 6 N–H and O–H groups in total. The first-order chi connectivity index (χ1) is 29.8. The molecule has 14 heteroatoms. The van der Waals surface area contributed by atoms with Gasteiger partial charge in [-0.3, -0.25) is 9.59 Å². The van der Waals surface area contributed by atoms with Crippen molar-refractivity contribution in [1.29, 1.82) is 0 Å². The van der Waals surface area contributed by atoms with Gasteiger partial charge < -0.3 is 49.8 Å². The Morgan fingerprint density at radius 3 is 2.31 bits per heavy atom. The van der Waals surface area contributed by atoms with Crippen LogP contribution in [0, 0.1) is 47.3 Å². The van der Waals surface area contributed by atoms with Crippen LogP contribution in [0.1, 0.15) is 110 Å². The number of aliphatic hydroxyl groups is 3. The Balaban J connectivity index is 1.25. The number of ketones is 1. The van der Waals surface area contributed by atoms with E-state index in [4.69, 9.17) is 18.9 Å². The van der Waals surface area contributed by atoms with E-state index >= 15 is 4.79 Å². The van der Waals surface area contributed by atoms with E-state index in [-0.39, 0.29) is 46.8 Å². The molecule has 2 heterocycles. The number of carboxylic acid groups (broad SMARTS) is 1. The molecule has 1 aromatic carbocycles. The highest BCUT2D eigenvalue weighted by Crippen LogP contribution is 2.62. The number of methoxy groups -OCH3 is 1. The number of benzene rings is 1. The van der Waals surface area contributed by atoms with Crippen molar-refractivity contribution in [2.75, 3.05) is 7.11 Å². The molecule has 7 rings (SSSR count). The third kappa shape index (κ3) is 7.42. The minimum Gasteiger partial charge on any atom is -0.511 e. The van der Waals surface area contributed by atoms with E-state index in [2.05, 4.69) is 24.4 Å². The molecule has 64 heavy (non-hydrogen) atoms. The maximum Gasteiger partial charge on any atom is 0.346 e. The number of aromatic hydroxyl groups is 1. The molecule has 2 aliphatic heterocycles. The maximum absolute atomic E-state index is 15.2. The SMILES string of the molecule is COc1cc(C)c(C(=O)N[C@@H]2[C@@H](C)O[C@@H](O[C@@H]3CC(C)=C[C@H]4[C@@H]3C[C@@H](C)[C@@H]3/C(C)=C\CC/C(C)=C\[C@@]5(C)C=C(C(=O)O)[C@@H](C)C[C@@]56OC(=O)/C(=C(\O)[C@@]43C)C6=O)[C@H](O)[C@]2(C)O)c(O)c1. The second kappa shape index (κ2) is 16.6. The Kier molecular flexibility index (Phi) is 12.2. The average Bonchev–Trinajstić information content (AvgIpc) is 3.45. The van der Waals surface area contributed by atoms with Crippen LogP contribution in [0.2, 0.25) is 0 Å². The first kappa shape index (κ1) is 47.2. The summed E-state index contributed by atoms with van der Waals surface area (Å²) in [5, 5.41) is 60.3. The molecule has 0 aromatic heterocycles. The number of carboxylic acids is 1. The Morgan fingerprint density at radius 2 is 1.67 bits per heavy atom. The lowest BCUT2D eigenvalue weighted by atomic mass is 9.48. The molecule has 4 aliphatic carbocycles. The molecule has 6 aliphatic rings. The fourth-order valence-electron chi connectivity index (χ4n) is 12.6. The number of nitrogens with one attached hydrogen (secondary N) is 1. The smallest absolute Gasteiger partial charge is 0.346 e. The van der Waals surface area contributed by atoms with Gasteiger partial charge in [0, 0.05) is 23.5 Å². The number of aryl methyl sites for hydroxylation is 1. The number of hydrogen-bond acceptors (Lipinski definition) is 12. The van der Waals surface area contributed by atoms with Gasteiger partial charge in [0.15, 0.2) is 11.9 Å². The summed E-state index contributed by atoms with van der Waals surface area (Å²) in [7, 11) is 1.44. The van der Waals surface area contributed by atoms with Gasteiger partial charge in [-0.25, -0.2) is 9.59 Å². The Hall–Kier alpha value is -4.76. The summed E-state index contributed by atoms with van der Waals surface area (Å²) in [5.41, 5.74) is -3.46. The number of amides is 1. The summed E-state index contributed by atoms with van der Waals surface area (Å²) in [6.07, 6.45) is 5.30. The van der Waals surface area contributed by atoms with Crippen molar-refractivity contribution in [3.63, 3.8) is 0 Å². The van der Waals surface area contributed by atoms with Crippen molar-refractivity contribution < 1.29 is 63.7 Å². The van der Waals surface area contributed by atoms with Crippen molar-refractivity contribution in [2.45, 2.75) is 143 Å². The van der Waals surface area contributed by atoms with Crippen LogP contribution < -0.4 is 10.1 Å². The van der Waals surface area contributed by atoms with Gasteiger partial charge in [0.2, 0.25) is 5.78 Å². The highest BCUT2D eigenvalue weighted by Gasteiger charge is 2.67. The number of phenolic OH excluding ortho intramolecular Hbond substituents is 1. The van der Waals surface area contributed by atoms with Gasteiger partial charge >= 0.3 is 11.9 Å². The maximum atomic E-state index is 15.2. The normalized spacial score (nSPS) is 42.8. The molecule has 1 amide bonds. The number of carbonyl (C=O) groups is 4. The second-order valence-corrected chi connectivity index (χ2v) is 20.3.